The number of rotatable bonds is 4. The average molecular weight is 575 g/mol. The van der Waals surface area contributed by atoms with Crippen LogP contribution >= 0.6 is 0 Å². The number of allylic oxidation sites excluding steroid dienone is 2. The van der Waals surface area contributed by atoms with E-state index >= 15 is 0 Å². The summed E-state index contributed by atoms with van der Waals surface area (Å²) >= 11 is -0.490. The van der Waals surface area contributed by atoms with Crippen LogP contribution in [0.2, 0.25) is 39.3 Å². The normalized spacial score (nSPS) is 12.8. The zero-order chi connectivity index (χ0) is 26.6. The van der Waals surface area contributed by atoms with E-state index in [1.807, 2.05) is 0 Å². The van der Waals surface area contributed by atoms with Crippen molar-refractivity contribution in [3.63, 3.8) is 0 Å². The third-order valence-corrected chi connectivity index (χ3v) is 8.56. The van der Waals surface area contributed by atoms with E-state index in [4.69, 9.17) is 0 Å². The molecule has 4 aromatic carbocycles. The number of hydrogen-bond donors (Lipinski definition) is 0. The molecule has 1 aliphatic rings. The summed E-state index contributed by atoms with van der Waals surface area (Å²) in [5.74, 6) is 0. The summed E-state index contributed by atoms with van der Waals surface area (Å²) in [5, 5.41) is 0. The predicted octanol–water partition coefficient (Wildman–Crippen LogP) is 9.58. The molecule has 0 saturated carbocycles. The van der Waals surface area contributed by atoms with Crippen molar-refractivity contribution in [1.29, 1.82) is 0 Å². The van der Waals surface area contributed by atoms with Crippen molar-refractivity contribution < 1.29 is 0 Å². The van der Waals surface area contributed by atoms with Gasteiger partial charge in [-0.05, 0) is 0 Å². The minimum absolute atomic E-state index is 0.120. The van der Waals surface area contributed by atoms with Gasteiger partial charge in [0.25, 0.3) is 0 Å². The molecule has 37 heavy (non-hydrogen) atoms. The molecule has 1 heterocycles. The molecule has 3 heteroatoms. The monoisotopic (exact) mass is 576 g/mol. The van der Waals surface area contributed by atoms with Crippen LogP contribution in [0.1, 0.15) is 22.3 Å². The van der Waals surface area contributed by atoms with E-state index in [2.05, 4.69) is 161 Å². The Morgan fingerprint density at radius 3 is 0.811 bits per heavy atom. The van der Waals surface area contributed by atoms with Gasteiger partial charge in [-0.2, -0.15) is 0 Å². The Morgan fingerprint density at radius 2 is 0.568 bits per heavy atom. The van der Waals surface area contributed by atoms with E-state index in [0.29, 0.717) is 0 Å². The fourth-order valence-corrected chi connectivity index (χ4v) is 7.41. The Balaban J connectivity index is 0.000000420. The van der Waals surface area contributed by atoms with Gasteiger partial charge in [0, 0.05) is 17.6 Å². The zero-order valence-corrected chi connectivity index (χ0v) is 27.1. The van der Waals surface area contributed by atoms with E-state index in [1.165, 1.54) is 42.2 Å². The van der Waals surface area contributed by atoms with Crippen LogP contribution in [0.5, 0.6) is 0 Å². The summed E-state index contributed by atoms with van der Waals surface area (Å²) < 4.78 is 3.05. The van der Waals surface area contributed by atoms with E-state index in [9.17, 15) is 0 Å². The Labute approximate surface area is 234 Å². The van der Waals surface area contributed by atoms with Gasteiger partial charge in [0.2, 0.25) is 0 Å². The van der Waals surface area contributed by atoms with Gasteiger partial charge in [-0.15, -0.1) is 0 Å². The summed E-state index contributed by atoms with van der Waals surface area (Å²) in [6, 6.07) is 43.7. The van der Waals surface area contributed by atoms with Gasteiger partial charge in [0.1, 0.15) is 0 Å². The van der Waals surface area contributed by atoms with Gasteiger partial charge in [-0.25, -0.2) is 0 Å². The van der Waals surface area contributed by atoms with E-state index in [-0.39, 0.29) is 17.6 Å². The van der Waals surface area contributed by atoms with Gasteiger partial charge in [-0.3, -0.25) is 0 Å². The van der Waals surface area contributed by atoms with Gasteiger partial charge in [0.05, 0.1) is 0 Å². The van der Waals surface area contributed by atoms with E-state index < -0.39 is 15.4 Å². The van der Waals surface area contributed by atoms with Crippen molar-refractivity contribution >= 4 is 53.0 Å². The maximum absolute atomic E-state index is 2.27. The molecule has 0 N–H and O–H groups in total. The standard InChI is InChI=1S/C28H20Ge.2C3H9Si/c1-5-13-21(14-6-1)25-26(22-15-7-2-8-16-22)28(24-19-11-4-12-20-24)29-27(25)23-17-9-3-10-18-23;2*1-4(2)3/h1-20H;2*1-3H3. The minimum atomic E-state index is -0.490. The predicted molar refractivity (Wildman–Crippen MR) is 172 cm³/mol. The van der Waals surface area contributed by atoms with Gasteiger partial charge < -0.3 is 0 Å². The summed E-state index contributed by atoms with van der Waals surface area (Å²) in [6.45, 7) is 13.6. The molecule has 0 spiro atoms. The van der Waals surface area contributed by atoms with Crippen molar-refractivity contribution in [2.75, 3.05) is 0 Å². The first-order valence-electron chi connectivity index (χ1n) is 12.9. The topological polar surface area (TPSA) is 0 Å². The molecule has 0 aliphatic carbocycles. The molecule has 4 radical (unpaired) electrons. The third kappa shape index (κ3) is 8.70. The second-order valence-electron chi connectivity index (χ2n) is 10.1. The summed E-state index contributed by atoms with van der Waals surface area (Å²) in [4.78, 5) is 0. The second kappa shape index (κ2) is 14.9. The van der Waals surface area contributed by atoms with Crippen LogP contribution in [-0.2, 0) is 0 Å². The quantitative estimate of drug-likeness (QED) is 0.213. The van der Waals surface area contributed by atoms with Crippen LogP contribution in [0.4, 0.5) is 0 Å². The van der Waals surface area contributed by atoms with Crippen LogP contribution in [0.25, 0.3) is 20.0 Å². The van der Waals surface area contributed by atoms with Crippen LogP contribution in [0.15, 0.2) is 121 Å². The number of hydrogen-bond acceptors (Lipinski definition) is 0. The fourth-order valence-electron chi connectivity index (χ4n) is 3.93. The Morgan fingerprint density at radius 1 is 0.351 bits per heavy atom. The van der Waals surface area contributed by atoms with Crippen LogP contribution < -0.4 is 0 Å². The molecule has 0 amide bonds. The van der Waals surface area contributed by atoms with Crippen molar-refractivity contribution in [2.24, 2.45) is 0 Å². The second-order valence-corrected chi connectivity index (χ2v) is 18.7. The molecule has 4 aromatic rings. The first-order valence-corrected chi connectivity index (χ1v) is 21.0. The van der Waals surface area contributed by atoms with Crippen molar-refractivity contribution in [3.05, 3.63) is 144 Å². The summed E-state index contributed by atoms with van der Waals surface area (Å²) in [5.41, 5.74) is 8.12. The summed E-state index contributed by atoms with van der Waals surface area (Å²) in [7, 11) is 0.241. The van der Waals surface area contributed by atoms with Gasteiger partial charge in [0.15, 0.2) is 0 Å². The number of benzene rings is 4. The average Bonchev–Trinajstić information content (AvgIpc) is 3.31. The van der Waals surface area contributed by atoms with E-state index in [1.54, 1.807) is 0 Å². The molecule has 0 unspecified atom stereocenters. The Bertz CT molecular complexity index is 1170. The first kappa shape index (κ1) is 28.9. The molecule has 1 aliphatic heterocycles. The summed E-state index contributed by atoms with van der Waals surface area (Å²) in [6.07, 6.45) is 0. The molecule has 0 atom stereocenters. The molecule has 0 aromatic heterocycles. The first-order chi connectivity index (χ1) is 17.9. The zero-order valence-electron chi connectivity index (χ0n) is 23.0. The molecule has 5 rings (SSSR count). The van der Waals surface area contributed by atoms with Crippen LogP contribution in [0.3, 0.4) is 0 Å². The van der Waals surface area contributed by atoms with Crippen LogP contribution in [-0.4, -0.2) is 33.0 Å². The fraction of sp³-hybridized carbons (Fsp3) is 0.176. The van der Waals surface area contributed by atoms with E-state index in [0.717, 1.165) is 0 Å². The molecule has 0 bridgehead atoms. The maximum atomic E-state index is 2.27. The van der Waals surface area contributed by atoms with Gasteiger partial charge >= 0.3 is 179 Å². The SMILES string of the molecule is C[Si](C)C.C[Si](C)C.c1ccc([C]2=C(c3ccccc3)C(c3ccccc3)=[C](c3ccccc3)[Ge]2)cc1. The Kier molecular flexibility index (Phi) is 11.7. The van der Waals surface area contributed by atoms with Gasteiger partial charge in [-0.1, -0.05) is 39.3 Å². The molecular formula is C34H38GeSi2. The molecule has 0 nitrogen and oxygen atoms in total. The Hall–Kier alpha value is -2.66. The van der Waals surface area contributed by atoms with Crippen molar-refractivity contribution in [2.45, 2.75) is 39.3 Å². The molecule has 186 valence electrons. The van der Waals surface area contributed by atoms with Crippen molar-refractivity contribution in [3.8, 4) is 0 Å². The molecule has 0 fully saturated rings. The van der Waals surface area contributed by atoms with Crippen LogP contribution in [0, 0.1) is 0 Å². The molecular weight excluding hydrogens is 537 g/mol. The third-order valence-electron chi connectivity index (χ3n) is 5.25. The van der Waals surface area contributed by atoms with Crippen molar-refractivity contribution in [1.82, 2.24) is 0 Å². The molecule has 0 saturated heterocycles.